The molecule has 0 aliphatic heterocycles. The first-order chi connectivity index (χ1) is 10.5. The Morgan fingerprint density at radius 2 is 1.91 bits per heavy atom. The zero-order valence-corrected chi connectivity index (χ0v) is 13.1. The largest absolute Gasteiger partial charge is 0.495 e. The molecule has 1 aromatic heterocycles. The maximum absolute atomic E-state index is 12.3. The van der Waals surface area contributed by atoms with E-state index in [1.54, 1.807) is 19.3 Å². The van der Waals surface area contributed by atoms with E-state index in [2.05, 4.69) is 5.32 Å². The first kappa shape index (κ1) is 15.9. The molecular formula is C15H15ClN2O4. The van der Waals surface area contributed by atoms with Crippen LogP contribution in [0.15, 0.2) is 35.3 Å². The highest BCUT2D eigenvalue weighted by Gasteiger charge is 2.16. The van der Waals surface area contributed by atoms with Gasteiger partial charge in [0, 0.05) is 25.4 Å². The third-order valence-electron chi connectivity index (χ3n) is 3.09. The number of ether oxygens (including phenoxy) is 2. The van der Waals surface area contributed by atoms with Gasteiger partial charge in [0.15, 0.2) is 0 Å². The molecule has 0 aliphatic rings. The summed E-state index contributed by atoms with van der Waals surface area (Å²) in [6.45, 7) is 0. The smallest absolute Gasteiger partial charge is 0.263 e. The zero-order valence-electron chi connectivity index (χ0n) is 12.3. The van der Waals surface area contributed by atoms with Crippen molar-refractivity contribution >= 4 is 23.2 Å². The van der Waals surface area contributed by atoms with Gasteiger partial charge in [-0.3, -0.25) is 9.59 Å². The molecule has 1 heterocycles. The van der Waals surface area contributed by atoms with Crippen LogP contribution in [0.25, 0.3) is 0 Å². The highest BCUT2D eigenvalue weighted by atomic mass is 35.5. The molecule has 2 rings (SSSR count). The summed E-state index contributed by atoms with van der Waals surface area (Å²) in [5.74, 6) is 0.217. The molecule has 1 N–H and O–H groups in total. The second-order valence-electron chi connectivity index (χ2n) is 4.48. The minimum Gasteiger partial charge on any atom is -0.495 e. The maximum Gasteiger partial charge on any atom is 0.263 e. The Morgan fingerprint density at radius 3 is 2.55 bits per heavy atom. The predicted octanol–water partition coefficient (Wildman–Crippen LogP) is 2.31. The van der Waals surface area contributed by atoms with E-state index >= 15 is 0 Å². The number of nitrogens with one attached hydrogen (secondary N) is 1. The lowest BCUT2D eigenvalue weighted by Crippen LogP contribution is -2.27. The average molecular weight is 323 g/mol. The van der Waals surface area contributed by atoms with Gasteiger partial charge in [-0.15, -0.1) is 0 Å². The molecule has 2 aromatic rings. The average Bonchev–Trinajstić information content (AvgIpc) is 2.51. The minimum absolute atomic E-state index is 0.0287. The molecule has 0 saturated carbocycles. The Morgan fingerprint density at radius 1 is 1.23 bits per heavy atom. The van der Waals surface area contributed by atoms with E-state index in [1.165, 1.54) is 37.0 Å². The highest BCUT2D eigenvalue weighted by molar-refractivity contribution is 6.32. The summed E-state index contributed by atoms with van der Waals surface area (Å²) in [7, 11) is 4.49. The summed E-state index contributed by atoms with van der Waals surface area (Å²) in [4.78, 5) is 24.2. The fourth-order valence-corrected chi connectivity index (χ4v) is 2.15. The SMILES string of the molecule is COc1cc(NC(=O)c2cccn(C)c2=O)c(OC)cc1Cl. The van der Waals surface area contributed by atoms with Gasteiger partial charge in [-0.1, -0.05) is 11.6 Å². The summed E-state index contributed by atoms with van der Waals surface area (Å²) < 4.78 is 11.6. The Labute approximate surface area is 132 Å². The molecule has 1 amide bonds. The number of nitrogens with zero attached hydrogens (tertiary/aromatic N) is 1. The van der Waals surface area contributed by atoms with Crippen LogP contribution in [0.1, 0.15) is 10.4 Å². The molecule has 0 atom stereocenters. The lowest BCUT2D eigenvalue weighted by molar-refractivity contribution is 0.102. The van der Waals surface area contributed by atoms with Crippen LogP contribution in [0.2, 0.25) is 5.02 Å². The van der Waals surface area contributed by atoms with Gasteiger partial charge in [-0.05, 0) is 12.1 Å². The number of amides is 1. The van der Waals surface area contributed by atoms with Gasteiger partial charge in [0.2, 0.25) is 0 Å². The van der Waals surface area contributed by atoms with Crippen molar-refractivity contribution in [1.82, 2.24) is 4.57 Å². The summed E-state index contributed by atoms with van der Waals surface area (Å²) in [6.07, 6.45) is 1.57. The number of rotatable bonds is 4. The number of aromatic nitrogens is 1. The van der Waals surface area contributed by atoms with E-state index in [0.717, 1.165) is 0 Å². The first-order valence-electron chi connectivity index (χ1n) is 6.36. The van der Waals surface area contributed by atoms with Crippen LogP contribution in [-0.4, -0.2) is 24.7 Å². The molecule has 22 heavy (non-hydrogen) atoms. The van der Waals surface area contributed by atoms with Crippen molar-refractivity contribution in [2.75, 3.05) is 19.5 Å². The number of anilines is 1. The van der Waals surface area contributed by atoms with Crippen LogP contribution in [0.3, 0.4) is 0 Å². The number of carbonyl (C=O) groups is 1. The van der Waals surface area contributed by atoms with E-state index in [9.17, 15) is 9.59 Å². The third kappa shape index (κ3) is 3.07. The topological polar surface area (TPSA) is 69.6 Å². The molecule has 0 bridgehead atoms. The molecule has 0 fully saturated rings. The molecule has 116 valence electrons. The molecule has 0 unspecified atom stereocenters. The van der Waals surface area contributed by atoms with E-state index in [1.807, 2.05) is 0 Å². The predicted molar refractivity (Wildman–Crippen MR) is 84.2 cm³/mol. The molecule has 0 spiro atoms. The first-order valence-corrected chi connectivity index (χ1v) is 6.74. The number of methoxy groups -OCH3 is 2. The lowest BCUT2D eigenvalue weighted by Gasteiger charge is -2.13. The second-order valence-corrected chi connectivity index (χ2v) is 4.89. The van der Waals surface area contributed by atoms with Crippen molar-refractivity contribution in [3.8, 4) is 11.5 Å². The monoisotopic (exact) mass is 322 g/mol. The number of halogens is 1. The van der Waals surface area contributed by atoms with Gasteiger partial charge in [0.05, 0.1) is 24.9 Å². The van der Waals surface area contributed by atoms with Crippen molar-refractivity contribution in [1.29, 1.82) is 0 Å². The van der Waals surface area contributed by atoms with Crippen LogP contribution >= 0.6 is 11.6 Å². The van der Waals surface area contributed by atoms with Crippen LogP contribution in [0.4, 0.5) is 5.69 Å². The van der Waals surface area contributed by atoms with Gasteiger partial charge in [-0.2, -0.15) is 0 Å². The summed E-state index contributed by atoms with van der Waals surface area (Å²) >= 11 is 6.01. The maximum atomic E-state index is 12.3. The Hall–Kier alpha value is -2.47. The Bertz CT molecular complexity index is 771. The van der Waals surface area contributed by atoms with Crippen molar-refractivity contribution < 1.29 is 14.3 Å². The fourth-order valence-electron chi connectivity index (χ4n) is 1.92. The van der Waals surface area contributed by atoms with Crippen molar-refractivity contribution in [3.63, 3.8) is 0 Å². The standard InChI is InChI=1S/C15H15ClN2O4/c1-18-6-4-5-9(15(18)20)14(19)17-11-8-12(21-2)10(16)7-13(11)22-3/h4-8H,1-3H3,(H,17,19). The molecule has 0 radical (unpaired) electrons. The van der Waals surface area contributed by atoms with Crippen LogP contribution in [0.5, 0.6) is 11.5 Å². The fraction of sp³-hybridized carbons (Fsp3) is 0.200. The van der Waals surface area contributed by atoms with E-state index in [4.69, 9.17) is 21.1 Å². The number of hydrogen-bond acceptors (Lipinski definition) is 4. The molecule has 7 heteroatoms. The quantitative estimate of drug-likeness (QED) is 0.937. The minimum atomic E-state index is -0.538. The number of pyridine rings is 1. The third-order valence-corrected chi connectivity index (χ3v) is 3.39. The van der Waals surface area contributed by atoms with E-state index in [0.29, 0.717) is 22.2 Å². The normalized spacial score (nSPS) is 10.2. The summed E-state index contributed by atoms with van der Waals surface area (Å²) in [5.41, 5.74) is 0.000483. The van der Waals surface area contributed by atoms with Gasteiger partial charge < -0.3 is 19.4 Å². The molecular weight excluding hydrogens is 308 g/mol. The van der Waals surface area contributed by atoms with Crippen LogP contribution in [-0.2, 0) is 7.05 Å². The molecule has 0 aliphatic carbocycles. The molecule has 1 aromatic carbocycles. The van der Waals surface area contributed by atoms with Crippen molar-refractivity contribution in [3.05, 3.63) is 51.4 Å². The number of carbonyl (C=O) groups excluding carboxylic acids is 1. The van der Waals surface area contributed by atoms with Crippen molar-refractivity contribution in [2.24, 2.45) is 7.05 Å². The number of aryl methyl sites for hydroxylation is 1. The summed E-state index contributed by atoms with van der Waals surface area (Å²) in [6, 6.07) is 6.14. The second kappa shape index (κ2) is 6.53. The molecule has 6 nitrogen and oxygen atoms in total. The van der Waals surface area contributed by atoms with Crippen molar-refractivity contribution in [2.45, 2.75) is 0 Å². The van der Waals surface area contributed by atoms with E-state index in [-0.39, 0.29) is 11.1 Å². The van der Waals surface area contributed by atoms with Crippen LogP contribution in [0, 0.1) is 0 Å². The van der Waals surface area contributed by atoms with Gasteiger partial charge in [-0.25, -0.2) is 0 Å². The van der Waals surface area contributed by atoms with Gasteiger partial charge >= 0.3 is 0 Å². The Balaban J connectivity index is 2.39. The zero-order chi connectivity index (χ0) is 16.3. The van der Waals surface area contributed by atoms with Gasteiger partial charge in [0.1, 0.15) is 17.1 Å². The lowest BCUT2D eigenvalue weighted by atomic mass is 10.2. The van der Waals surface area contributed by atoms with Crippen LogP contribution < -0.4 is 20.3 Å². The number of benzene rings is 1. The van der Waals surface area contributed by atoms with E-state index < -0.39 is 5.91 Å². The molecule has 0 saturated heterocycles. The van der Waals surface area contributed by atoms with Gasteiger partial charge in [0.25, 0.3) is 11.5 Å². The highest BCUT2D eigenvalue weighted by Crippen LogP contribution is 2.35. The Kier molecular flexibility index (Phi) is 4.72. The summed E-state index contributed by atoms with van der Waals surface area (Å²) in [5, 5.41) is 2.99. The number of hydrogen-bond donors (Lipinski definition) is 1.